The first-order chi connectivity index (χ1) is 8.15. The Morgan fingerprint density at radius 3 is 2.47 bits per heavy atom. The average Bonchev–Trinajstić information content (AvgIpc) is 2.29. The molecule has 1 atom stereocenters. The molecule has 1 unspecified atom stereocenters. The molecule has 1 nitrogen and oxygen atoms in total. The molecule has 0 radical (unpaired) electrons. The van der Waals surface area contributed by atoms with E-state index in [4.69, 9.17) is 0 Å². The van der Waals surface area contributed by atoms with Crippen molar-refractivity contribution in [2.24, 2.45) is 0 Å². The molecule has 0 saturated heterocycles. The van der Waals surface area contributed by atoms with Gasteiger partial charge in [-0.15, -0.1) is 0 Å². The van der Waals surface area contributed by atoms with Crippen LogP contribution in [0.15, 0.2) is 48.5 Å². The van der Waals surface area contributed by atoms with E-state index in [0.717, 1.165) is 11.1 Å². The molecule has 0 spiro atoms. The van der Waals surface area contributed by atoms with E-state index in [1.54, 1.807) is 12.1 Å². The zero-order chi connectivity index (χ0) is 12.3. The molecule has 0 saturated carbocycles. The highest BCUT2D eigenvalue weighted by Gasteiger charge is 2.08. The van der Waals surface area contributed by atoms with Crippen LogP contribution in [0.5, 0.6) is 0 Å². The Morgan fingerprint density at radius 2 is 1.82 bits per heavy atom. The maximum Gasteiger partial charge on any atom is 0.123 e. The van der Waals surface area contributed by atoms with Gasteiger partial charge in [0.1, 0.15) is 5.82 Å². The molecule has 2 rings (SSSR count). The Kier molecular flexibility index (Phi) is 3.55. The van der Waals surface area contributed by atoms with Crippen LogP contribution in [0.3, 0.4) is 0 Å². The van der Waals surface area contributed by atoms with E-state index in [1.165, 1.54) is 17.7 Å². The van der Waals surface area contributed by atoms with Crippen molar-refractivity contribution < 1.29 is 9.50 Å². The van der Waals surface area contributed by atoms with E-state index < -0.39 is 6.10 Å². The van der Waals surface area contributed by atoms with Crippen LogP contribution in [-0.2, 0) is 6.42 Å². The first kappa shape index (κ1) is 11.8. The van der Waals surface area contributed by atoms with Crippen LogP contribution in [0.4, 0.5) is 4.39 Å². The number of hydrogen-bond donors (Lipinski definition) is 1. The predicted octanol–water partition coefficient (Wildman–Crippen LogP) is 3.41. The fourth-order valence-corrected chi connectivity index (χ4v) is 1.87. The largest absolute Gasteiger partial charge is 0.388 e. The van der Waals surface area contributed by atoms with E-state index in [9.17, 15) is 9.50 Å². The Balaban J connectivity index is 2.11. The third kappa shape index (κ3) is 3.14. The van der Waals surface area contributed by atoms with Crippen LogP contribution >= 0.6 is 0 Å². The van der Waals surface area contributed by atoms with Crippen LogP contribution in [0.2, 0.25) is 0 Å². The molecule has 0 fully saturated rings. The maximum atomic E-state index is 12.7. The SMILES string of the molecule is Cc1cccc(CC(O)c2ccc(F)cc2)c1. The fourth-order valence-electron chi connectivity index (χ4n) is 1.87. The predicted molar refractivity (Wildman–Crippen MR) is 66.2 cm³/mol. The monoisotopic (exact) mass is 230 g/mol. The second kappa shape index (κ2) is 5.11. The lowest BCUT2D eigenvalue weighted by molar-refractivity contribution is 0.178. The summed E-state index contributed by atoms with van der Waals surface area (Å²) in [5, 5.41) is 10.0. The zero-order valence-electron chi connectivity index (χ0n) is 9.73. The summed E-state index contributed by atoms with van der Waals surface area (Å²) in [4.78, 5) is 0. The van der Waals surface area contributed by atoms with Gasteiger partial charge in [-0.3, -0.25) is 0 Å². The molecule has 1 N–H and O–H groups in total. The zero-order valence-corrected chi connectivity index (χ0v) is 9.73. The molecule has 0 amide bonds. The van der Waals surface area contributed by atoms with Gasteiger partial charge in [0.2, 0.25) is 0 Å². The Labute approximate surface area is 101 Å². The van der Waals surface area contributed by atoms with Gasteiger partial charge in [0.05, 0.1) is 6.10 Å². The number of halogens is 1. The van der Waals surface area contributed by atoms with Crippen molar-refractivity contribution >= 4 is 0 Å². The normalized spacial score (nSPS) is 12.4. The van der Waals surface area contributed by atoms with E-state index in [1.807, 2.05) is 31.2 Å². The van der Waals surface area contributed by atoms with Crippen molar-refractivity contribution in [3.05, 3.63) is 71.0 Å². The van der Waals surface area contributed by atoms with Gasteiger partial charge in [0, 0.05) is 6.42 Å². The molecule has 0 aliphatic carbocycles. The summed E-state index contributed by atoms with van der Waals surface area (Å²) in [6.45, 7) is 2.02. The van der Waals surface area contributed by atoms with Gasteiger partial charge in [-0.1, -0.05) is 42.0 Å². The summed E-state index contributed by atoms with van der Waals surface area (Å²) in [7, 11) is 0. The van der Waals surface area contributed by atoms with Crippen LogP contribution in [0.25, 0.3) is 0 Å². The van der Waals surface area contributed by atoms with E-state index in [-0.39, 0.29) is 5.82 Å². The number of benzene rings is 2. The molecule has 17 heavy (non-hydrogen) atoms. The fraction of sp³-hybridized carbons (Fsp3) is 0.200. The Hall–Kier alpha value is -1.67. The quantitative estimate of drug-likeness (QED) is 0.856. The third-order valence-corrected chi connectivity index (χ3v) is 2.77. The smallest absolute Gasteiger partial charge is 0.123 e. The molecule has 0 heterocycles. The number of hydrogen-bond acceptors (Lipinski definition) is 1. The molecule has 0 aliphatic rings. The summed E-state index contributed by atoms with van der Waals surface area (Å²) in [6, 6.07) is 14.0. The topological polar surface area (TPSA) is 20.2 Å². The summed E-state index contributed by atoms with van der Waals surface area (Å²) in [5.74, 6) is -0.281. The molecule has 88 valence electrons. The van der Waals surface area contributed by atoms with Crippen molar-refractivity contribution in [3.63, 3.8) is 0 Å². The van der Waals surface area contributed by atoms with Crippen LogP contribution in [0.1, 0.15) is 22.8 Å². The maximum absolute atomic E-state index is 12.7. The van der Waals surface area contributed by atoms with Crippen molar-refractivity contribution in [3.8, 4) is 0 Å². The summed E-state index contributed by atoms with van der Waals surface area (Å²) >= 11 is 0. The number of aliphatic hydroxyl groups is 1. The second-order valence-electron chi connectivity index (χ2n) is 4.26. The second-order valence-corrected chi connectivity index (χ2v) is 4.26. The lowest BCUT2D eigenvalue weighted by Gasteiger charge is -2.11. The Morgan fingerprint density at radius 1 is 1.12 bits per heavy atom. The number of rotatable bonds is 3. The lowest BCUT2D eigenvalue weighted by atomic mass is 10.0. The molecule has 0 aliphatic heterocycles. The minimum absolute atomic E-state index is 0.281. The van der Waals surface area contributed by atoms with Crippen molar-refractivity contribution in [1.29, 1.82) is 0 Å². The van der Waals surface area contributed by atoms with Crippen LogP contribution in [0, 0.1) is 12.7 Å². The number of aryl methyl sites for hydroxylation is 1. The highest BCUT2D eigenvalue weighted by molar-refractivity contribution is 5.25. The highest BCUT2D eigenvalue weighted by Crippen LogP contribution is 2.19. The van der Waals surface area contributed by atoms with Crippen molar-refractivity contribution in [2.75, 3.05) is 0 Å². The van der Waals surface area contributed by atoms with Gasteiger partial charge in [-0.2, -0.15) is 0 Å². The molecule has 0 aromatic heterocycles. The van der Waals surface area contributed by atoms with Crippen LogP contribution < -0.4 is 0 Å². The first-order valence-corrected chi connectivity index (χ1v) is 5.64. The summed E-state index contributed by atoms with van der Waals surface area (Å²) in [6.07, 6.45) is -0.0368. The molecular formula is C15H15FO. The first-order valence-electron chi connectivity index (χ1n) is 5.64. The van der Waals surface area contributed by atoms with Gasteiger partial charge in [0.25, 0.3) is 0 Å². The van der Waals surface area contributed by atoms with E-state index in [0.29, 0.717) is 6.42 Å². The highest BCUT2D eigenvalue weighted by atomic mass is 19.1. The summed E-state index contributed by atoms with van der Waals surface area (Å²) in [5.41, 5.74) is 3.00. The molecule has 0 bridgehead atoms. The minimum atomic E-state index is -0.586. The molecule has 2 heteroatoms. The van der Waals surface area contributed by atoms with E-state index >= 15 is 0 Å². The van der Waals surface area contributed by atoms with E-state index in [2.05, 4.69) is 0 Å². The van der Waals surface area contributed by atoms with Gasteiger partial charge >= 0.3 is 0 Å². The van der Waals surface area contributed by atoms with Gasteiger partial charge in [-0.05, 0) is 30.2 Å². The standard InChI is InChI=1S/C15H15FO/c1-11-3-2-4-12(9-11)10-15(17)13-5-7-14(16)8-6-13/h2-9,15,17H,10H2,1H3. The van der Waals surface area contributed by atoms with Gasteiger partial charge < -0.3 is 5.11 Å². The van der Waals surface area contributed by atoms with Gasteiger partial charge in [-0.25, -0.2) is 4.39 Å². The summed E-state index contributed by atoms with van der Waals surface area (Å²) < 4.78 is 12.7. The lowest BCUT2D eigenvalue weighted by Crippen LogP contribution is -2.01. The Bertz CT molecular complexity index is 491. The van der Waals surface area contributed by atoms with Crippen molar-refractivity contribution in [2.45, 2.75) is 19.4 Å². The number of aliphatic hydroxyl groups excluding tert-OH is 1. The third-order valence-electron chi connectivity index (χ3n) is 2.77. The minimum Gasteiger partial charge on any atom is -0.388 e. The van der Waals surface area contributed by atoms with Gasteiger partial charge in [0.15, 0.2) is 0 Å². The molecule has 2 aromatic carbocycles. The van der Waals surface area contributed by atoms with Crippen LogP contribution in [-0.4, -0.2) is 5.11 Å². The van der Waals surface area contributed by atoms with Crippen molar-refractivity contribution in [1.82, 2.24) is 0 Å². The average molecular weight is 230 g/mol. The molecule has 2 aromatic rings. The molecular weight excluding hydrogens is 215 g/mol.